The highest BCUT2D eigenvalue weighted by molar-refractivity contribution is 5.78. The fraction of sp³-hybridized carbons (Fsp3) is 0.750. The van der Waals surface area contributed by atoms with Crippen LogP contribution in [0.3, 0.4) is 0 Å². The Bertz CT molecular complexity index is 297. The molecule has 1 heteroatoms. The summed E-state index contributed by atoms with van der Waals surface area (Å²) in [5, 5.41) is 0. The molecular weight excluding hydrogens is 256 g/mol. The predicted molar refractivity (Wildman–Crippen MR) is 94.6 cm³/mol. The van der Waals surface area contributed by atoms with Gasteiger partial charge in [0.15, 0.2) is 0 Å². The van der Waals surface area contributed by atoms with Crippen molar-refractivity contribution in [2.45, 2.75) is 91.4 Å². The quantitative estimate of drug-likeness (QED) is 0.259. The number of Topliss-reactive ketones (excluding diaryl/α,β-unsaturated/α-hetero) is 1. The lowest BCUT2D eigenvalue weighted by atomic mass is 9.96. The van der Waals surface area contributed by atoms with Crippen molar-refractivity contribution in [2.75, 3.05) is 0 Å². The summed E-state index contributed by atoms with van der Waals surface area (Å²) < 4.78 is 0. The van der Waals surface area contributed by atoms with E-state index in [9.17, 15) is 4.79 Å². The van der Waals surface area contributed by atoms with Crippen LogP contribution in [0.5, 0.6) is 0 Å². The van der Waals surface area contributed by atoms with Crippen molar-refractivity contribution in [3.05, 3.63) is 24.3 Å². The minimum atomic E-state index is 0.464. The summed E-state index contributed by atoms with van der Waals surface area (Å²) in [6.45, 7) is 10.2. The molecule has 0 rings (SSSR count). The monoisotopic (exact) mass is 292 g/mol. The zero-order valence-electron chi connectivity index (χ0n) is 14.6. The van der Waals surface area contributed by atoms with Crippen LogP contribution in [0.1, 0.15) is 91.4 Å². The predicted octanol–water partition coefficient (Wildman–Crippen LogP) is 6.63. The number of hydrogen-bond donors (Lipinski definition) is 0. The van der Waals surface area contributed by atoms with E-state index in [0.717, 1.165) is 38.5 Å². The molecule has 0 amide bonds. The van der Waals surface area contributed by atoms with Gasteiger partial charge in [-0.3, -0.25) is 4.79 Å². The molecule has 0 N–H and O–H groups in total. The Hall–Kier alpha value is -0.850. The van der Waals surface area contributed by atoms with Gasteiger partial charge in [0.25, 0.3) is 0 Å². The number of hydrogen-bond acceptors (Lipinski definition) is 1. The van der Waals surface area contributed by atoms with Crippen molar-refractivity contribution in [1.29, 1.82) is 0 Å². The first-order valence-corrected chi connectivity index (χ1v) is 8.82. The van der Waals surface area contributed by atoms with Crippen molar-refractivity contribution < 1.29 is 4.79 Å². The van der Waals surface area contributed by atoms with Crippen LogP contribution in [-0.4, -0.2) is 5.78 Å². The van der Waals surface area contributed by atoms with E-state index in [0.29, 0.717) is 11.7 Å². The number of rotatable bonds is 14. The summed E-state index contributed by atoms with van der Waals surface area (Å²) in [6, 6.07) is 0. The van der Waals surface area contributed by atoms with Crippen LogP contribution in [0, 0.1) is 5.92 Å². The molecule has 122 valence electrons. The van der Waals surface area contributed by atoms with E-state index in [4.69, 9.17) is 0 Å². The zero-order valence-corrected chi connectivity index (χ0v) is 14.6. The SMILES string of the molecule is C=CCCCCCCCCC(=O)CC(C)CCC=C(C)C. The second-order valence-electron chi connectivity index (χ2n) is 6.66. The molecule has 21 heavy (non-hydrogen) atoms. The summed E-state index contributed by atoms with van der Waals surface area (Å²) in [5.74, 6) is 0.998. The lowest BCUT2D eigenvalue weighted by Crippen LogP contribution is -2.05. The second-order valence-corrected chi connectivity index (χ2v) is 6.66. The van der Waals surface area contributed by atoms with E-state index in [2.05, 4.69) is 33.4 Å². The number of unbranched alkanes of at least 4 members (excludes halogenated alkanes) is 6. The smallest absolute Gasteiger partial charge is 0.133 e. The fourth-order valence-corrected chi connectivity index (χ4v) is 2.57. The third kappa shape index (κ3) is 15.4. The molecule has 0 saturated carbocycles. The molecular formula is C20H36O. The molecule has 0 heterocycles. The van der Waals surface area contributed by atoms with Crippen molar-refractivity contribution >= 4 is 5.78 Å². The normalized spacial score (nSPS) is 12.0. The number of allylic oxidation sites excluding steroid dienone is 3. The summed E-state index contributed by atoms with van der Waals surface area (Å²) >= 11 is 0. The minimum absolute atomic E-state index is 0.464. The van der Waals surface area contributed by atoms with Crippen LogP contribution in [0.25, 0.3) is 0 Å². The van der Waals surface area contributed by atoms with E-state index in [1.54, 1.807) is 0 Å². The van der Waals surface area contributed by atoms with Gasteiger partial charge in [0.1, 0.15) is 5.78 Å². The summed E-state index contributed by atoms with van der Waals surface area (Å²) in [6.07, 6.45) is 16.7. The first kappa shape index (κ1) is 20.1. The molecule has 0 aliphatic carbocycles. The van der Waals surface area contributed by atoms with Gasteiger partial charge < -0.3 is 0 Å². The molecule has 0 aliphatic heterocycles. The highest BCUT2D eigenvalue weighted by Gasteiger charge is 2.08. The molecule has 1 nitrogen and oxygen atoms in total. The standard InChI is InChI=1S/C20H36O/c1-5-6-7-8-9-10-11-12-16-20(21)17-19(4)15-13-14-18(2)3/h5,14,19H,1,6-13,15-17H2,2-4H3. The molecule has 0 spiro atoms. The Labute approximate surface area is 132 Å². The molecule has 0 aromatic carbocycles. The summed E-state index contributed by atoms with van der Waals surface area (Å²) in [5.41, 5.74) is 1.38. The van der Waals surface area contributed by atoms with Crippen molar-refractivity contribution in [2.24, 2.45) is 5.92 Å². The average molecular weight is 293 g/mol. The highest BCUT2D eigenvalue weighted by atomic mass is 16.1. The van der Waals surface area contributed by atoms with E-state index in [-0.39, 0.29) is 0 Å². The van der Waals surface area contributed by atoms with Crippen LogP contribution in [0.2, 0.25) is 0 Å². The summed E-state index contributed by atoms with van der Waals surface area (Å²) in [7, 11) is 0. The van der Waals surface area contributed by atoms with Crippen molar-refractivity contribution in [3.8, 4) is 0 Å². The topological polar surface area (TPSA) is 17.1 Å². The molecule has 0 radical (unpaired) electrons. The van der Waals surface area contributed by atoms with E-state index in [1.165, 1.54) is 37.7 Å². The minimum Gasteiger partial charge on any atom is -0.300 e. The Balaban J connectivity index is 3.44. The van der Waals surface area contributed by atoms with Crippen LogP contribution in [0.15, 0.2) is 24.3 Å². The van der Waals surface area contributed by atoms with E-state index >= 15 is 0 Å². The van der Waals surface area contributed by atoms with Crippen molar-refractivity contribution in [3.63, 3.8) is 0 Å². The largest absolute Gasteiger partial charge is 0.300 e. The molecule has 0 aromatic rings. The molecule has 1 atom stereocenters. The first-order valence-electron chi connectivity index (χ1n) is 8.82. The van der Waals surface area contributed by atoms with Gasteiger partial charge in [0.05, 0.1) is 0 Å². The maximum atomic E-state index is 11.9. The highest BCUT2D eigenvalue weighted by Crippen LogP contribution is 2.15. The third-order valence-corrected chi connectivity index (χ3v) is 3.90. The Kier molecular flexibility index (Phi) is 13.5. The van der Waals surface area contributed by atoms with Crippen LogP contribution in [-0.2, 0) is 4.79 Å². The van der Waals surface area contributed by atoms with Crippen molar-refractivity contribution in [1.82, 2.24) is 0 Å². The number of carbonyl (C=O) groups is 1. The number of ketones is 1. The number of carbonyl (C=O) groups excluding carboxylic acids is 1. The second kappa shape index (κ2) is 14.1. The summed E-state index contributed by atoms with van der Waals surface area (Å²) in [4.78, 5) is 11.9. The average Bonchev–Trinajstić information content (AvgIpc) is 2.41. The van der Waals surface area contributed by atoms with E-state index in [1.807, 2.05) is 6.08 Å². The van der Waals surface area contributed by atoms with Gasteiger partial charge >= 0.3 is 0 Å². The molecule has 0 aliphatic rings. The van der Waals surface area contributed by atoms with Crippen LogP contribution >= 0.6 is 0 Å². The van der Waals surface area contributed by atoms with E-state index < -0.39 is 0 Å². The Morgan fingerprint density at radius 2 is 1.62 bits per heavy atom. The first-order chi connectivity index (χ1) is 10.1. The van der Waals surface area contributed by atoms with Gasteiger partial charge in [-0.15, -0.1) is 6.58 Å². The molecule has 0 bridgehead atoms. The molecule has 0 aromatic heterocycles. The molecule has 0 saturated heterocycles. The fourth-order valence-electron chi connectivity index (χ4n) is 2.57. The lowest BCUT2D eigenvalue weighted by Gasteiger charge is -2.09. The van der Waals surface area contributed by atoms with Gasteiger partial charge in [0.2, 0.25) is 0 Å². The van der Waals surface area contributed by atoms with Crippen LogP contribution < -0.4 is 0 Å². The Morgan fingerprint density at radius 3 is 2.24 bits per heavy atom. The molecule has 1 unspecified atom stereocenters. The lowest BCUT2D eigenvalue weighted by molar-refractivity contribution is -0.120. The van der Waals surface area contributed by atoms with Gasteiger partial charge in [-0.2, -0.15) is 0 Å². The third-order valence-electron chi connectivity index (χ3n) is 3.90. The van der Waals surface area contributed by atoms with Gasteiger partial charge in [-0.05, 0) is 51.9 Å². The molecule has 0 fully saturated rings. The van der Waals surface area contributed by atoms with Gasteiger partial charge in [0, 0.05) is 12.8 Å². The maximum absolute atomic E-state index is 11.9. The van der Waals surface area contributed by atoms with Gasteiger partial charge in [-0.1, -0.05) is 50.3 Å². The van der Waals surface area contributed by atoms with Crippen LogP contribution in [0.4, 0.5) is 0 Å². The zero-order chi connectivity index (χ0) is 15.9. The maximum Gasteiger partial charge on any atom is 0.133 e. The van der Waals surface area contributed by atoms with Gasteiger partial charge in [-0.25, -0.2) is 0 Å². The Morgan fingerprint density at radius 1 is 1.00 bits per heavy atom.